The summed E-state index contributed by atoms with van der Waals surface area (Å²) in [7, 11) is 0. The molecule has 0 unspecified atom stereocenters. The molecule has 0 heterocycles. The minimum absolute atomic E-state index is 0.114. The van der Waals surface area contributed by atoms with Gasteiger partial charge >= 0.3 is 0 Å². The second-order valence-corrected chi connectivity index (χ2v) is 20.7. The number of rotatable bonds is 9. The molecule has 12 aromatic rings. The van der Waals surface area contributed by atoms with Crippen molar-refractivity contribution in [2.45, 2.75) is 24.7 Å². The van der Waals surface area contributed by atoms with E-state index in [1.165, 1.54) is 94.2 Å². The van der Waals surface area contributed by atoms with Crippen molar-refractivity contribution in [1.29, 1.82) is 0 Å². The van der Waals surface area contributed by atoms with Crippen LogP contribution >= 0.6 is 0 Å². The Morgan fingerprint density at radius 1 is 0.267 bits per heavy atom. The summed E-state index contributed by atoms with van der Waals surface area (Å²) in [5.74, 6) is 0. The Morgan fingerprint density at radius 3 is 1.49 bits per heavy atom. The summed E-state index contributed by atoms with van der Waals surface area (Å²) in [6, 6.07) is 106. The van der Waals surface area contributed by atoms with Gasteiger partial charge in [0.1, 0.15) is 0 Å². The van der Waals surface area contributed by atoms with E-state index in [1.54, 1.807) is 0 Å². The number of anilines is 3. The molecule has 1 nitrogen and oxygen atoms in total. The summed E-state index contributed by atoms with van der Waals surface area (Å²) < 4.78 is 0. The van der Waals surface area contributed by atoms with Crippen LogP contribution in [0, 0.1) is 0 Å². The highest BCUT2D eigenvalue weighted by Crippen LogP contribution is 2.59. The lowest BCUT2D eigenvalue weighted by Gasteiger charge is -2.34. The van der Waals surface area contributed by atoms with Crippen LogP contribution in [0.1, 0.15) is 47.2 Å². The van der Waals surface area contributed by atoms with Gasteiger partial charge in [0.15, 0.2) is 0 Å². The van der Waals surface area contributed by atoms with Crippen molar-refractivity contribution in [3.63, 3.8) is 0 Å². The van der Waals surface area contributed by atoms with Gasteiger partial charge in [-0.2, -0.15) is 0 Å². The summed E-state index contributed by atoms with van der Waals surface area (Å²) in [5.41, 5.74) is 24.8. The van der Waals surface area contributed by atoms with Crippen molar-refractivity contribution < 1.29 is 0 Å². The average molecular weight is 956 g/mol. The third-order valence-corrected chi connectivity index (χ3v) is 16.3. The largest absolute Gasteiger partial charge is 0.309 e. The topological polar surface area (TPSA) is 3.24 Å². The molecular formula is C74H53N. The highest BCUT2D eigenvalue weighted by atomic mass is 15.1. The van der Waals surface area contributed by atoms with Gasteiger partial charge in [0.25, 0.3) is 0 Å². The van der Waals surface area contributed by atoms with E-state index in [9.17, 15) is 0 Å². The van der Waals surface area contributed by atoms with Gasteiger partial charge in [-0.3, -0.25) is 0 Å². The summed E-state index contributed by atoms with van der Waals surface area (Å²) in [4.78, 5) is 2.58. The maximum Gasteiger partial charge on any atom is 0.0713 e. The van der Waals surface area contributed by atoms with E-state index in [0.29, 0.717) is 0 Å². The van der Waals surface area contributed by atoms with Crippen molar-refractivity contribution >= 4 is 27.8 Å². The van der Waals surface area contributed by atoms with Crippen molar-refractivity contribution in [2.24, 2.45) is 0 Å². The number of nitrogens with zero attached hydrogens (tertiary/aromatic N) is 1. The quantitative estimate of drug-likeness (QED) is 0.139. The van der Waals surface area contributed by atoms with Gasteiger partial charge in [-0.15, -0.1) is 0 Å². The highest BCUT2D eigenvalue weighted by molar-refractivity contribution is 6.02. The lowest BCUT2D eigenvalue weighted by atomic mass is 9.68. The standard InChI is InChI=1S/C74H53N/c1-73(2)66-35-19-17-32-62(66)64-47-56(41-44-67(64)73)60-43-40-55(54-39-38-50-22-15-16-27-53(50)46-54)48-71(60)75(70-37-21-34-61(51-23-7-3-8-24-51)72(70)52-25-9-4-10-26-52)59-42-45-69-65(49-59)63-33-18-20-36-68(63)74(69,57-28-11-5-12-29-57)58-30-13-6-14-31-58/h3-49H,1-2H3. The fourth-order valence-corrected chi connectivity index (χ4v) is 12.9. The van der Waals surface area contributed by atoms with Gasteiger partial charge in [-0.25, -0.2) is 0 Å². The van der Waals surface area contributed by atoms with E-state index in [1.807, 2.05) is 0 Å². The van der Waals surface area contributed by atoms with Gasteiger partial charge in [0, 0.05) is 22.2 Å². The molecule has 75 heavy (non-hydrogen) atoms. The SMILES string of the molecule is CC1(C)c2ccccc2-c2cc(-c3ccc(-c4ccc5ccccc5c4)cc3N(c3ccc4c(c3)-c3ccccc3C4(c3ccccc3)c3ccccc3)c3cccc(-c4ccccc4)c3-c3ccccc3)ccc21. The van der Waals surface area contributed by atoms with Crippen LogP contribution in [-0.2, 0) is 10.8 Å². The molecule has 0 saturated carbocycles. The molecule has 0 atom stereocenters. The van der Waals surface area contributed by atoms with Crippen molar-refractivity contribution in [3.8, 4) is 66.8 Å². The van der Waals surface area contributed by atoms with E-state index >= 15 is 0 Å². The Bertz CT molecular complexity index is 4090. The van der Waals surface area contributed by atoms with E-state index in [-0.39, 0.29) is 5.41 Å². The monoisotopic (exact) mass is 955 g/mol. The minimum Gasteiger partial charge on any atom is -0.309 e. The van der Waals surface area contributed by atoms with Gasteiger partial charge in [0.05, 0.1) is 16.8 Å². The third-order valence-electron chi connectivity index (χ3n) is 16.3. The molecule has 0 radical (unpaired) electrons. The van der Waals surface area contributed by atoms with E-state index in [2.05, 4.69) is 304 Å². The molecule has 0 amide bonds. The van der Waals surface area contributed by atoms with Crippen LogP contribution in [0.2, 0.25) is 0 Å². The zero-order chi connectivity index (χ0) is 50.1. The van der Waals surface area contributed by atoms with E-state index in [4.69, 9.17) is 0 Å². The number of fused-ring (bicyclic) bond motifs is 7. The Hall–Kier alpha value is -9.30. The maximum absolute atomic E-state index is 2.58. The molecule has 0 bridgehead atoms. The summed E-state index contributed by atoms with van der Waals surface area (Å²) in [6.07, 6.45) is 0. The molecule has 1 heteroatoms. The summed E-state index contributed by atoms with van der Waals surface area (Å²) in [5, 5.41) is 2.45. The zero-order valence-electron chi connectivity index (χ0n) is 42.1. The van der Waals surface area contributed by atoms with Crippen LogP contribution in [0.25, 0.3) is 77.5 Å². The Kier molecular flexibility index (Phi) is 10.5. The maximum atomic E-state index is 2.58. The Labute approximate surface area is 440 Å². The molecule has 0 N–H and O–H groups in total. The predicted octanol–water partition coefficient (Wildman–Crippen LogP) is 19.6. The van der Waals surface area contributed by atoms with Crippen LogP contribution in [0.15, 0.2) is 285 Å². The van der Waals surface area contributed by atoms with Crippen LogP contribution in [-0.4, -0.2) is 0 Å². The fourth-order valence-electron chi connectivity index (χ4n) is 12.9. The second kappa shape index (κ2) is 17.7. The molecule has 0 aliphatic heterocycles. The van der Waals surface area contributed by atoms with Crippen LogP contribution < -0.4 is 4.90 Å². The lowest BCUT2D eigenvalue weighted by molar-refractivity contribution is 0.660. The second-order valence-electron chi connectivity index (χ2n) is 20.7. The van der Waals surface area contributed by atoms with Crippen molar-refractivity contribution in [3.05, 3.63) is 318 Å². The molecule has 12 aromatic carbocycles. The molecule has 0 spiro atoms. The molecule has 0 aromatic heterocycles. The zero-order valence-corrected chi connectivity index (χ0v) is 42.1. The van der Waals surface area contributed by atoms with Gasteiger partial charge in [-0.05, 0) is 136 Å². The summed E-state index contributed by atoms with van der Waals surface area (Å²) >= 11 is 0. The van der Waals surface area contributed by atoms with Gasteiger partial charge < -0.3 is 4.90 Å². The fraction of sp³-hybridized carbons (Fsp3) is 0.0541. The first-order valence-electron chi connectivity index (χ1n) is 26.2. The van der Waals surface area contributed by atoms with Crippen LogP contribution in [0.4, 0.5) is 17.1 Å². The molecule has 0 fully saturated rings. The number of benzene rings is 12. The van der Waals surface area contributed by atoms with Crippen LogP contribution in [0.3, 0.4) is 0 Å². The molecule has 14 rings (SSSR count). The first kappa shape index (κ1) is 44.4. The first-order chi connectivity index (χ1) is 37.0. The number of hydrogen-bond donors (Lipinski definition) is 0. The molecule has 2 aliphatic rings. The molecule has 354 valence electrons. The van der Waals surface area contributed by atoms with Crippen LogP contribution in [0.5, 0.6) is 0 Å². The Morgan fingerprint density at radius 2 is 0.773 bits per heavy atom. The minimum atomic E-state index is -0.532. The average Bonchev–Trinajstić information content (AvgIpc) is 3.93. The van der Waals surface area contributed by atoms with Gasteiger partial charge in [-0.1, -0.05) is 263 Å². The highest BCUT2D eigenvalue weighted by Gasteiger charge is 2.46. The van der Waals surface area contributed by atoms with Crippen molar-refractivity contribution in [1.82, 2.24) is 0 Å². The van der Waals surface area contributed by atoms with Crippen molar-refractivity contribution in [2.75, 3.05) is 4.90 Å². The molecular weight excluding hydrogens is 903 g/mol. The molecule has 0 saturated heterocycles. The smallest absolute Gasteiger partial charge is 0.0713 e. The normalized spacial score (nSPS) is 13.4. The van der Waals surface area contributed by atoms with Gasteiger partial charge in [0.2, 0.25) is 0 Å². The predicted molar refractivity (Wildman–Crippen MR) is 315 cm³/mol. The third kappa shape index (κ3) is 7.07. The molecule has 2 aliphatic carbocycles. The summed E-state index contributed by atoms with van der Waals surface area (Å²) in [6.45, 7) is 4.73. The lowest BCUT2D eigenvalue weighted by Crippen LogP contribution is -2.28. The Balaban J connectivity index is 1.09. The van der Waals surface area contributed by atoms with E-state index in [0.717, 1.165) is 33.8 Å². The first-order valence-corrected chi connectivity index (χ1v) is 26.2. The number of hydrogen-bond acceptors (Lipinski definition) is 1. The van der Waals surface area contributed by atoms with E-state index < -0.39 is 5.41 Å².